The van der Waals surface area contributed by atoms with E-state index in [-0.39, 0.29) is 5.91 Å². The van der Waals surface area contributed by atoms with Gasteiger partial charge in [-0.2, -0.15) is 0 Å². The molecule has 1 aromatic heterocycles. The monoisotopic (exact) mass is 340 g/mol. The minimum Gasteiger partial charge on any atom is -0.354 e. The molecule has 134 valence electrons. The lowest BCUT2D eigenvalue weighted by atomic mass is 10.1. The fourth-order valence-electron chi connectivity index (χ4n) is 2.57. The predicted octanol–water partition coefficient (Wildman–Crippen LogP) is 3.75. The van der Waals surface area contributed by atoms with Gasteiger partial charge in [0.25, 0.3) is 5.91 Å². The second kappa shape index (κ2) is 10.4. The van der Waals surface area contributed by atoms with Crippen LogP contribution in [-0.4, -0.2) is 29.0 Å². The Hall–Kier alpha value is -2.43. The molecule has 1 heterocycles. The van der Waals surface area contributed by atoms with Gasteiger partial charge in [0.05, 0.1) is 0 Å². The zero-order valence-corrected chi connectivity index (χ0v) is 15.2. The first-order chi connectivity index (χ1) is 12.2. The molecule has 0 aliphatic heterocycles. The van der Waals surface area contributed by atoms with Crippen LogP contribution < -0.4 is 10.6 Å². The molecule has 0 radical (unpaired) electrons. The second-order valence-electron chi connectivity index (χ2n) is 6.20. The van der Waals surface area contributed by atoms with Crippen molar-refractivity contribution >= 4 is 11.9 Å². The molecule has 25 heavy (non-hydrogen) atoms. The van der Waals surface area contributed by atoms with E-state index in [1.165, 1.54) is 18.4 Å². The molecule has 0 unspecified atom stereocenters. The highest BCUT2D eigenvalue weighted by atomic mass is 16.1. The summed E-state index contributed by atoms with van der Waals surface area (Å²) in [6.07, 6.45) is 5.28. The zero-order valence-electron chi connectivity index (χ0n) is 15.2. The molecule has 5 heteroatoms. The standard InChI is InChI=1S/C20H28N4O/c1-3-4-8-13-22-20-23-16(2)15-18(24-20)19(25)21-14-9-12-17-10-6-5-7-11-17/h5-7,10-11,15H,3-4,8-9,12-14H2,1-2H3,(H,21,25)(H,22,23,24). The molecule has 1 amide bonds. The maximum Gasteiger partial charge on any atom is 0.270 e. The summed E-state index contributed by atoms with van der Waals surface area (Å²) in [6.45, 7) is 5.51. The third kappa shape index (κ3) is 6.91. The highest BCUT2D eigenvalue weighted by molar-refractivity contribution is 5.92. The molecule has 0 aliphatic rings. The molecule has 0 fully saturated rings. The van der Waals surface area contributed by atoms with Crippen LogP contribution in [0.5, 0.6) is 0 Å². The maximum atomic E-state index is 12.3. The number of hydrogen-bond donors (Lipinski definition) is 2. The first-order valence-electron chi connectivity index (χ1n) is 9.10. The van der Waals surface area contributed by atoms with Crippen LogP contribution in [-0.2, 0) is 6.42 Å². The van der Waals surface area contributed by atoms with Gasteiger partial charge in [0.1, 0.15) is 5.69 Å². The van der Waals surface area contributed by atoms with Crippen LogP contribution in [0.3, 0.4) is 0 Å². The largest absolute Gasteiger partial charge is 0.354 e. The summed E-state index contributed by atoms with van der Waals surface area (Å²) in [4.78, 5) is 21.0. The highest BCUT2D eigenvalue weighted by Gasteiger charge is 2.10. The van der Waals surface area contributed by atoms with Crippen molar-refractivity contribution in [2.45, 2.75) is 46.0 Å². The van der Waals surface area contributed by atoms with Crippen molar-refractivity contribution in [3.05, 3.63) is 53.3 Å². The lowest BCUT2D eigenvalue weighted by molar-refractivity contribution is 0.0948. The van der Waals surface area contributed by atoms with E-state index >= 15 is 0 Å². The van der Waals surface area contributed by atoms with Crippen molar-refractivity contribution in [3.8, 4) is 0 Å². The predicted molar refractivity (Wildman–Crippen MR) is 102 cm³/mol. The summed E-state index contributed by atoms with van der Waals surface area (Å²) in [5.74, 6) is 0.390. The number of nitrogens with zero attached hydrogens (tertiary/aromatic N) is 2. The summed E-state index contributed by atoms with van der Waals surface area (Å²) < 4.78 is 0. The number of carbonyl (C=O) groups excluding carboxylic acids is 1. The molecule has 1 aromatic carbocycles. The van der Waals surface area contributed by atoms with Gasteiger partial charge in [-0.15, -0.1) is 0 Å². The van der Waals surface area contributed by atoms with E-state index in [0.717, 1.165) is 31.5 Å². The van der Waals surface area contributed by atoms with Crippen LogP contribution in [0.1, 0.15) is 54.4 Å². The Kier molecular flexibility index (Phi) is 7.89. The van der Waals surface area contributed by atoms with E-state index in [2.05, 4.69) is 39.7 Å². The molecule has 0 saturated carbocycles. The fraction of sp³-hybridized carbons (Fsp3) is 0.450. The number of unbranched alkanes of at least 4 members (excludes halogenated alkanes) is 2. The third-order valence-corrected chi connectivity index (χ3v) is 3.92. The normalized spacial score (nSPS) is 10.5. The van der Waals surface area contributed by atoms with Gasteiger partial charge in [-0.1, -0.05) is 50.1 Å². The van der Waals surface area contributed by atoms with E-state index in [1.54, 1.807) is 6.07 Å². The lowest BCUT2D eigenvalue weighted by Gasteiger charge is -2.09. The second-order valence-corrected chi connectivity index (χ2v) is 6.20. The molecule has 2 aromatic rings. The van der Waals surface area contributed by atoms with Gasteiger partial charge in [0.15, 0.2) is 0 Å². The van der Waals surface area contributed by atoms with E-state index in [0.29, 0.717) is 18.2 Å². The van der Waals surface area contributed by atoms with E-state index < -0.39 is 0 Å². The van der Waals surface area contributed by atoms with E-state index in [4.69, 9.17) is 0 Å². The van der Waals surface area contributed by atoms with Crippen LogP contribution in [0.25, 0.3) is 0 Å². The molecule has 5 nitrogen and oxygen atoms in total. The molecule has 0 atom stereocenters. The Bertz CT molecular complexity index is 658. The van der Waals surface area contributed by atoms with E-state index in [9.17, 15) is 4.79 Å². The zero-order chi connectivity index (χ0) is 17.9. The summed E-state index contributed by atoms with van der Waals surface area (Å²) >= 11 is 0. The number of aromatic nitrogens is 2. The average Bonchev–Trinajstić information content (AvgIpc) is 2.62. The van der Waals surface area contributed by atoms with Crippen molar-refractivity contribution in [2.24, 2.45) is 0 Å². The van der Waals surface area contributed by atoms with Crippen molar-refractivity contribution in [1.29, 1.82) is 0 Å². The number of rotatable bonds is 10. The van der Waals surface area contributed by atoms with Crippen LogP contribution in [0.2, 0.25) is 0 Å². The molecule has 0 spiro atoms. The van der Waals surface area contributed by atoms with Crippen molar-refractivity contribution in [3.63, 3.8) is 0 Å². The van der Waals surface area contributed by atoms with Crippen molar-refractivity contribution in [1.82, 2.24) is 15.3 Å². The minimum atomic E-state index is -0.143. The van der Waals surface area contributed by atoms with Gasteiger partial charge in [-0.05, 0) is 37.8 Å². The van der Waals surface area contributed by atoms with Crippen LogP contribution in [0.4, 0.5) is 5.95 Å². The van der Waals surface area contributed by atoms with Crippen molar-refractivity contribution < 1.29 is 4.79 Å². The van der Waals surface area contributed by atoms with Gasteiger partial charge < -0.3 is 10.6 Å². The summed E-state index contributed by atoms with van der Waals surface area (Å²) in [7, 11) is 0. The van der Waals surface area contributed by atoms with Crippen LogP contribution >= 0.6 is 0 Å². The van der Waals surface area contributed by atoms with Gasteiger partial charge in [0, 0.05) is 18.8 Å². The number of aryl methyl sites for hydroxylation is 2. The number of carbonyl (C=O) groups is 1. The molecule has 2 N–H and O–H groups in total. The van der Waals surface area contributed by atoms with Gasteiger partial charge in [-0.3, -0.25) is 4.79 Å². The van der Waals surface area contributed by atoms with Crippen molar-refractivity contribution in [2.75, 3.05) is 18.4 Å². The fourth-order valence-corrected chi connectivity index (χ4v) is 2.57. The summed E-state index contributed by atoms with van der Waals surface area (Å²) in [6, 6.07) is 12.0. The van der Waals surface area contributed by atoms with E-state index in [1.807, 2.05) is 25.1 Å². The Balaban J connectivity index is 1.80. The SMILES string of the molecule is CCCCCNc1nc(C)cc(C(=O)NCCCc2ccccc2)n1. The smallest absolute Gasteiger partial charge is 0.270 e. The number of benzene rings is 1. The van der Waals surface area contributed by atoms with Crippen LogP contribution in [0.15, 0.2) is 36.4 Å². The Morgan fingerprint density at radius 2 is 1.84 bits per heavy atom. The van der Waals surface area contributed by atoms with Gasteiger partial charge in [0.2, 0.25) is 5.95 Å². The first kappa shape index (κ1) is 18.9. The van der Waals surface area contributed by atoms with Crippen LogP contribution in [0, 0.1) is 6.92 Å². The number of anilines is 1. The Morgan fingerprint density at radius 1 is 1.04 bits per heavy atom. The number of hydrogen-bond acceptors (Lipinski definition) is 4. The minimum absolute atomic E-state index is 0.143. The molecule has 2 rings (SSSR count). The third-order valence-electron chi connectivity index (χ3n) is 3.92. The van der Waals surface area contributed by atoms with Gasteiger partial charge >= 0.3 is 0 Å². The quantitative estimate of drug-likeness (QED) is 0.647. The lowest BCUT2D eigenvalue weighted by Crippen LogP contribution is -2.26. The summed E-state index contributed by atoms with van der Waals surface area (Å²) in [5, 5.41) is 6.15. The Labute approximate surface area is 150 Å². The molecule has 0 saturated heterocycles. The summed E-state index contributed by atoms with van der Waals surface area (Å²) in [5.41, 5.74) is 2.50. The Morgan fingerprint density at radius 3 is 2.60 bits per heavy atom. The molecular weight excluding hydrogens is 312 g/mol. The van der Waals surface area contributed by atoms with Gasteiger partial charge in [-0.25, -0.2) is 9.97 Å². The topological polar surface area (TPSA) is 66.9 Å². The number of amides is 1. The molecule has 0 aliphatic carbocycles. The molecule has 0 bridgehead atoms. The first-order valence-corrected chi connectivity index (χ1v) is 9.10. The number of nitrogens with one attached hydrogen (secondary N) is 2. The average molecular weight is 340 g/mol. The molecular formula is C20H28N4O. The highest BCUT2D eigenvalue weighted by Crippen LogP contribution is 2.06. The maximum absolute atomic E-state index is 12.3.